The van der Waals surface area contributed by atoms with E-state index in [1.54, 1.807) is 0 Å². The van der Waals surface area contributed by atoms with Crippen molar-refractivity contribution < 1.29 is 4.74 Å². The van der Waals surface area contributed by atoms with Gasteiger partial charge in [0.1, 0.15) is 0 Å². The molecule has 0 rings (SSSR count). The van der Waals surface area contributed by atoms with Crippen molar-refractivity contribution in [3.05, 3.63) is 6.92 Å². The van der Waals surface area contributed by atoms with Gasteiger partial charge in [0.25, 0.3) is 0 Å². The fourth-order valence-electron chi connectivity index (χ4n) is 3.09. The minimum Gasteiger partial charge on any atom is -0.381 e. The molecule has 1 radical (unpaired) electrons. The summed E-state index contributed by atoms with van der Waals surface area (Å²) >= 11 is 0. The zero-order chi connectivity index (χ0) is 17.7. The highest BCUT2D eigenvalue weighted by atomic mass is 16.5. The van der Waals surface area contributed by atoms with E-state index in [4.69, 9.17) is 10.5 Å². The standard InChI is InChI=1S/C22H46NO/c1-3-4-5-6-7-8-9-10-11-12-13-14-15-16-17-18-20-24-21-19-22(2)23/h22H,2-21,23H2,1H3. The molecule has 145 valence electrons. The molecule has 2 N–H and O–H groups in total. The third-order valence-electron chi connectivity index (χ3n) is 4.78. The lowest BCUT2D eigenvalue weighted by molar-refractivity contribution is 0.125. The van der Waals surface area contributed by atoms with Gasteiger partial charge in [-0.3, -0.25) is 0 Å². The predicted octanol–water partition coefficient (Wildman–Crippen LogP) is 6.82. The Morgan fingerprint density at radius 3 is 1.38 bits per heavy atom. The van der Waals surface area contributed by atoms with E-state index in [1.807, 2.05) is 0 Å². The second-order valence-corrected chi connectivity index (χ2v) is 7.46. The molecule has 0 fully saturated rings. The summed E-state index contributed by atoms with van der Waals surface area (Å²) in [5.41, 5.74) is 5.58. The number of unbranched alkanes of at least 4 members (excludes halogenated alkanes) is 15. The maximum atomic E-state index is 5.58. The first-order valence-electron chi connectivity index (χ1n) is 10.9. The molecule has 0 aromatic carbocycles. The molecular formula is C22H46NO. The van der Waals surface area contributed by atoms with Crippen LogP contribution in [0.4, 0.5) is 0 Å². The van der Waals surface area contributed by atoms with Gasteiger partial charge in [-0.25, -0.2) is 0 Å². The monoisotopic (exact) mass is 340 g/mol. The van der Waals surface area contributed by atoms with Gasteiger partial charge in [-0.1, -0.05) is 103 Å². The van der Waals surface area contributed by atoms with Crippen LogP contribution in [-0.2, 0) is 4.74 Å². The van der Waals surface area contributed by atoms with Gasteiger partial charge in [0.05, 0.1) is 0 Å². The molecular weight excluding hydrogens is 294 g/mol. The van der Waals surface area contributed by atoms with Crippen LogP contribution in [-0.4, -0.2) is 19.3 Å². The topological polar surface area (TPSA) is 35.2 Å². The summed E-state index contributed by atoms with van der Waals surface area (Å²) in [6.07, 6.45) is 23.5. The van der Waals surface area contributed by atoms with Crippen molar-refractivity contribution in [3.8, 4) is 0 Å². The lowest BCUT2D eigenvalue weighted by Gasteiger charge is -2.06. The zero-order valence-corrected chi connectivity index (χ0v) is 16.7. The molecule has 0 aliphatic carbocycles. The normalized spacial score (nSPS) is 12.6. The van der Waals surface area contributed by atoms with Gasteiger partial charge in [-0.05, 0) is 19.8 Å². The summed E-state index contributed by atoms with van der Waals surface area (Å²) in [5, 5.41) is 0. The summed E-state index contributed by atoms with van der Waals surface area (Å²) in [7, 11) is 0. The highest BCUT2D eigenvalue weighted by Gasteiger charge is 1.96. The van der Waals surface area contributed by atoms with Gasteiger partial charge in [0.2, 0.25) is 0 Å². The SMILES string of the molecule is [CH2]C(N)CCOCCCCCCCCCCCCCCCCCC. The Bertz CT molecular complexity index is 218. The van der Waals surface area contributed by atoms with Crippen molar-refractivity contribution in [3.63, 3.8) is 0 Å². The van der Waals surface area contributed by atoms with E-state index in [1.165, 1.54) is 103 Å². The van der Waals surface area contributed by atoms with Gasteiger partial charge < -0.3 is 10.5 Å². The molecule has 2 nitrogen and oxygen atoms in total. The Kier molecular flexibility index (Phi) is 20.9. The van der Waals surface area contributed by atoms with Gasteiger partial charge in [-0.15, -0.1) is 0 Å². The fourth-order valence-corrected chi connectivity index (χ4v) is 3.09. The van der Waals surface area contributed by atoms with Crippen LogP contribution >= 0.6 is 0 Å². The maximum Gasteiger partial charge on any atom is 0.0480 e. The first kappa shape index (κ1) is 23.9. The van der Waals surface area contributed by atoms with Gasteiger partial charge >= 0.3 is 0 Å². The maximum absolute atomic E-state index is 5.58. The minimum atomic E-state index is 0.0239. The molecule has 1 unspecified atom stereocenters. The van der Waals surface area contributed by atoms with E-state index in [9.17, 15) is 0 Å². The van der Waals surface area contributed by atoms with E-state index in [-0.39, 0.29) is 6.04 Å². The zero-order valence-electron chi connectivity index (χ0n) is 16.7. The second kappa shape index (κ2) is 21.0. The number of hydrogen-bond acceptors (Lipinski definition) is 2. The Labute approximate surface area is 153 Å². The van der Waals surface area contributed by atoms with Gasteiger partial charge in [0, 0.05) is 19.3 Å². The van der Waals surface area contributed by atoms with E-state index >= 15 is 0 Å². The first-order valence-corrected chi connectivity index (χ1v) is 10.9. The smallest absolute Gasteiger partial charge is 0.0480 e. The van der Waals surface area contributed by atoms with Crippen molar-refractivity contribution in [1.82, 2.24) is 0 Å². The van der Waals surface area contributed by atoms with Gasteiger partial charge in [-0.2, -0.15) is 0 Å². The molecule has 0 aromatic heterocycles. The van der Waals surface area contributed by atoms with Crippen LogP contribution in [0.2, 0.25) is 0 Å². The van der Waals surface area contributed by atoms with E-state index in [0.29, 0.717) is 0 Å². The third-order valence-corrected chi connectivity index (χ3v) is 4.78. The summed E-state index contributed by atoms with van der Waals surface area (Å²) in [6, 6.07) is 0.0239. The van der Waals surface area contributed by atoms with Crippen LogP contribution in [0.5, 0.6) is 0 Å². The number of nitrogens with two attached hydrogens (primary N) is 1. The molecule has 0 saturated heterocycles. The highest BCUT2D eigenvalue weighted by Crippen LogP contribution is 2.13. The minimum absolute atomic E-state index is 0.0239. The van der Waals surface area contributed by atoms with E-state index < -0.39 is 0 Å². The summed E-state index contributed by atoms with van der Waals surface area (Å²) in [6.45, 7) is 7.70. The molecule has 2 heteroatoms. The number of rotatable bonds is 20. The van der Waals surface area contributed by atoms with Crippen LogP contribution in [0.25, 0.3) is 0 Å². The second-order valence-electron chi connectivity index (χ2n) is 7.46. The Morgan fingerprint density at radius 1 is 0.625 bits per heavy atom. The first-order chi connectivity index (χ1) is 11.8. The molecule has 0 saturated carbocycles. The van der Waals surface area contributed by atoms with Crippen molar-refractivity contribution in [2.45, 2.75) is 122 Å². The fraction of sp³-hybridized carbons (Fsp3) is 0.955. The molecule has 0 heterocycles. The van der Waals surface area contributed by atoms with Crippen molar-refractivity contribution >= 4 is 0 Å². The molecule has 0 bridgehead atoms. The molecule has 0 amide bonds. The van der Waals surface area contributed by atoms with Crippen LogP contribution in [0.3, 0.4) is 0 Å². The number of ether oxygens (including phenoxy) is 1. The largest absolute Gasteiger partial charge is 0.381 e. The Morgan fingerprint density at radius 2 is 1.00 bits per heavy atom. The van der Waals surface area contributed by atoms with E-state index in [0.717, 1.165) is 19.6 Å². The van der Waals surface area contributed by atoms with Crippen molar-refractivity contribution in [2.75, 3.05) is 13.2 Å². The highest BCUT2D eigenvalue weighted by molar-refractivity contribution is 4.61. The average molecular weight is 341 g/mol. The molecule has 0 spiro atoms. The van der Waals surface area contributed by atoms with Crippen LogP contribution in [0, 0.1) is 6.92 Å². The molecule has 0 aliphatic heterocycles. The Hall–Kier alpha value is -0.0800. The quantitative estimate of drug-likeness (QED) is 0.247. The van der Waals surface area contributed by atoms with Crippen molar-refractivity contribution in [1.29, 1.82) is 0 Å². The predicted molar refractivity (Wildman–Crippen MR) is 108 cm³/mol. The third kappa shape index (κ3) is 21.9. The lowest BCUT2D eigenvalue weighted by Crippen LogP contribution is -2.17. The van der Waals surface area contributed by atoms with Crippen LogP contribution in [0.1, 0.15) is 116 Å². The summed E-state index contributed by atoms with van der Waals surface area (Å²) in [4.78, 5) is 0. The molecule has 1 atom stereocenters. The summed E-state index contributed by atoms with van der Waals surface area (Å²) < 4.78 is 5.54. The van der Waals surface area contributed by atoms with Crippen LogP contribution < -0.4 is 5.73 Å². The lowest BCUT2D eigenvalue weighted by atomic mass is 10.0. The molecule has 0 aliphatic rings. The van der Waals surface area contributed by atoms with Gasteiger partial charge in [0.15, 0.2) is 0 Å². The van der Waals surface area contributed by atoms with E-state index in [2.05, 4.69) is 13.8 Å². The average Bonchev–Trinajstić information content (AvgIpc) is 2.56. The Balaban J connectivity index is 2.95. The van der Waals surface area contributed by atoms with Crippen molar-refractivity contribution in [2.24, 2.45) is 5.73 Å². The summed E-state index contributed by atoms with van der Waals surface area (Å²) in [5.74, 6) is 0. The molecule has 24 heavy (non-hydrogen) atoms. The number of hydrogen-bond donors (Lipinski definition) is 1. The van der Waals surface area contributed by atoms with Crippen LogP contribution in [0.15, 0.2) is 0 Å². The molecule has 0 aromatic rings.